The van der Waals surface area contributed by atoms with Crippen LogP contribution >= 0.6 is 0 Å². The molecule has 4 heterocycles. The van der Waals surface area contributed by atoms with Gasteiger partial charge in [-0.3, -0.25) is 9.25 Å². The van der Waals surface area contributed by atoms with Crippen LogP contribution in [0.4, 0.5) is 0 Å². The normalized spacial score (nSPS) is 13.2. The van der Waals surface area contributed by atoms with Crippen molar-refractivity contribution in [3.8, 4) is 34.7 Å². The number of hydrogen-bond donors (Lipinski definition) is 0. The number of rotatable bonds is 10. The summed E-state index contributed by atoms with van der Waals surface area (Å²) in [5.74, 6) is 0.591. The van der Waals surface area contributed by atoms with Gasteiger partial charge in [0.25, 0.3) is 0 Å². The SMILES string of the molecule is COc1cnc([C@@H](C)[C@H](C)S(=O)(=O)Cc2nnc(-c3ccn(C)n3)n2-c2c(OC)ncnc2OC)nc1. The number of methoxy groups -OCH3 is 3. The zero-order valence-electron chi connectivity index (χ0n) is 21.2. The van der Waals surface area contributed by atoms with Gasteiger partial charge in [-0.05, 0) is 13.0 Å². The highest BCUT2D eigenvalue weighted by atomic mass is 32.2. The van der Waals surface area contributed by atoms with Gasteiger partial charge in [-0.25, -0.2) is 18.4 Å². The molecule has 4 rings (SSSR count). The molecule has 0 aliphatic carbocycles. The summed E-state index contributed by atoms with van der Waals surface area (Å²) in [5, 5.41) is 12.0. The Morgan fingerprint density at radius 2 is 1.59 bits per heavy atom. The van der Waals surface area contributed by atoms with E-state index < -0.39 is 26.8 Å². The van der Waals surface area contributed by atoms with Crippen molar-refractivity contribution in [2.75, 3.05) is 21.3 Å². The average molecular weight is 530 g/mol. The fourth-order valence-corrected chi connectivity index (χ4v) is 5.24. The molecule has 0 bridgehead atoms. The van der Waals surface area contributed by atoms with Crippen LogP contribution in [0.15, 0.2) is 31.0 Å². The summed E-state index contributed by atoms with van der Waals surface area (Å²) in [6.07, 6.45) is 6.02. The fraction of sp³-hybridized carbons (Fsp3) is 0.409. The fourth-order valence-electron chi connectivity index (χ4n) is 3.68. The van der Waals surface area contributed by atoms with Gasteiger partial charge in [0.15, 0.2) is 32.9 Å². The molecule has 37 heavy (non-hydrogen) atoms. The summed E-state index contributed by atoms with van der Waals surface area (Å²) >= 11 is 0. The van der Waals surface area contributed by atoms with E-state index in [-0.39, 0.29) is 29.1 Å². The smallest absolute Gasteiger partial charge is 0.245 e. The van der Waals surface area contributed by atoms with Crippen LogP contribution in [0.2, 0.25) is 0 Å². The summed E-state index contributed by atoms with van der Waals surface area (Å²) in [6.45, 7) is 3.37. The molecule has 0 unspecified atom stereocenters. The molecule has 0 saturated carbocycles. The lowest BCUT2D eigenvalue weighted by Crippen LogP contribution is -2.27. The summed E-state index contributed by atoms with van der Waals surface area (Å²) in [5.41, 5.74) is 0.710. The van der Waals surface area contributed by atoms with E-state index in [1.54, 1.807) is 37.8 Å². The second-order valence-electron chi connectivity index (χ2n) is 8.17. The standard InChI is InChI=1S/C22H27N9O5S/c1-13(19-23-9-15(34-4)10-24-19)14(2)37(32,33)11-17-27-28-20(16-7-8-30(3)29-16)31(17)18-21(35-5)25-12-26-22(18)36-6/h7-10,12-14H,11H2,1-6H3/t13-,14-/m0/s1. The van der Waals surface area contributed by atoms with Crippen LogP contribution in [0, 0.1) is 0 Å². The predicted octanol–water partition coefficient (Wildman–Crippen LogP) is 1.38. The van der Waals surface area contributed by atoms with Crippen LogP contribution in [-0.2, 0) is 22.6 Å². The molecule has 0 spiro atoms. The van der Waals surface area contributed by atoms with Gasteiger partial charge in [-0.15, -0.1) is 10.2 Å². The monoisotopic (exact) mass is 529 g/mol. The molecule has 0 aromatic carbocycles. The number of aromatic nitrogens is 9. The predicted molar refractivity (Wildman–Crippen MR) is 131 cm³/mol. The zero-order chi connectivity index (χ0) is 26.7. The second kappa shape index (κ2) is 10.5. The largest absolute Gasteiger partial charge is 0.494 e. The quantitative estimate of drug-likeness (QED) is 0.290. The van der Waals surface area contributed by atoms with E-state index in [0.717, 1.165) is 0 Å². The van der Waals surface area contributed by atoms with E-state index in [9.17, 15) is 8.42 Å². The molecule has 4 aromatic heterocycles. The Hall–Kier alpha value is -4.14. The molecule has 0 amide bonds. The second-order valence-corrected chi connectivity index (χ2v) is 10.5. The van der Waals surface area contributed by atoms with Crippen molar-refractivity contribution >= 4 is 9.84 Å². The summed E-state index contributed by atoms with van der Waals surface area (Å²) in [6, 6.07) is 1.73. The minimum atomic E-state index is -3.79. The van der Waals surface area contributed by atoms with Crippen LogP contribution in [0.1, 0.15) is 31.4 Å². The first kappa shape index (κ1) is 25.9. The van der Waals surface area contributed by atoms with Crippen LogP contribution in [0.3, 0.4) is 0 Å². The topological polar surface area (TPSA) is 162 Å². The van der Waals surface area contributed by atoms with Crippen LogP contribution in [0.5, 0.6) is 17.5 Å². The summed E-state index contributed by atoms with van der Waals surface area (Å²) in [4.78, 5) is 16.8. The molecule has 0 fully saturated rings. The summed E-state index contributed by atoms with van der Waals surface area (Å²) < 4.78 is 46.3. The highest BCUT2D eigenvalue weighted by molar-refractivity contribution is 7.91. The number of hydrogen-bond acceptors (Lipinski definition) is 12. The van der Waals surface area contributed by atoms with Gasteiger partial charge in [0, 0.05) is 19.2 Å². The van der Waals surface area contributed by atoms with Crippen molar-refractivity contribution in [2.24, 2.45) is 7.05 Å². The average Bonchev–Trinajstić information content (AvgIpc) is 3.52. The highest BCUT2D eigenvalue weighted by Crippen LogP contribution is 2.34. The Morgan fingerprint density at radius 3 is 2.14 bits per heavy atom. The van der Waals surface area contributed by atoms with Gasteiger partial charge in [0.1, 0.15) is 23.6 Å². The Bertz CT molecular complexity index is 1460. The molecule has 0 N–H and O–H groups in total. The maximum Gasteiger partial charge on any atom is 0.245 e. The van der Waals surface area contributed by atoms with Crippen LogP contribution in [-0.4, -0.2) is 79.5 Å². The Labute approximate surface area is 213 Å². The Balaban J connectivity index is 1.79. The number of nitrogens with zero attached hydrogens (tertiary/aromatic N) is 9. The van der Waals surface area contributed by atoms with E-state index in [4.69, 9.17) is 14.2 Å². The number of sulfone groups is 1. The molecule has 4 aromatic rings. The van der Waals surface area contributed by atoms with E-state index in [2.05, 4.69) is 35.2 Å². The molecule has 196 valence electrons. The van der Waals surface area contributed by atoms with E-state index >= 15 is 0 Å². The van der Waals surface area contributed by atoms with Gasteiger partial charge in [-0.2, -0.15) is 15.1 Å². The van der Waals surface area contributed by atoms with E-state index in [1.807, 2.05) is 0 Å². The molecule has 14 nitrogen and oxygen atoms in total. The van der Waals surface area contributed by atoms with Gasteiger partial charge in [0.05, 0.1) is 39.0 Å². The van der Waals surface area contributed by atoms with Crippen molar-refractivity contribution in [3.63, 3.8) is 0 Å². The third-order valence-corrected chi connectivity index (χ3v) is 8.13. The lowest BCUT2D eigenvalue weighted by molar-refractivity contribution is 0.368. The molecule has 0 saturated heterocycles. The molecule has 0 radical (unpaired) electrons. The first-order valence-electron chi connectivity index (χ1n) is 11.1. The van der Waals surface area contributed by atoms with Gasteiger partial charge in [-0.1, -0.05) is 6.92 Å². The molecule has 0 aliphatic heterocycles. The van der Waals surface area contributed by atoms with Gasteiger partial charge in [0.2, 0.25) is 11.8 Å². The maximum atomic E-state index is 13.6. The van der Waals surface area contributed by atoms with Crippen molar-refractivity contribution in [3.05, 3.63) is 42.6 Å². The Morgan fingerprint density at radius 1 is 0.946 bits per heavy atom. The van der Waals surface area contributed by atoms with E-state index in [0.29, 0.717) is 17.3 Å². The molecule has 0 aliphatic rings. The highest BCUT2D eigenvalue weighted by Gasteiger charge is 2.33. The molecule has 15 heteroatoms. The Kier molecular flexibility index (Phi) is 7.33. The molecular weight excluding hydrogens is 502 g/mol. The third kappa shape index (κ3) is 5.07. The van der Waals surface area contributed by atoms with Crippen molar-refractivity contribution in [2.45, 2.75) is 30.8 Å². The van der Waals surface area contributed by atoms with Crippen molar-refractivity contribution in [1.82, 2.24) is 44.5 Å². The lowest BCUT2D eigenvalue weighted by atomic mass is 10.1. The van der Waals surface area contributed by atoms with Gasteiger partial charge >= 0.3 is 0 Å². The lowest BCUT2D eigenvalue weighted by Gasteiger charge is -2.20. The number of aryl methyl sites for hydroxylation is 1. The maximum absolute atomic E-state index is 13.6. The zero-order valence-corrected chi connectivity index (χ0v) is 22.0. The minimum Gasteiger partial charge on any atom is -0.494 e. The number of ether oxygens (including phenoxy) is 3. The van der Waals surface area contributed by atoms with Crippen LogP contribution in [0.25, 0.3) is 17.2 Å². The molecular formula is C22H27N9O5S. The van der Waals surface area contributed by atoms with Crippen molar-refractivity contribution in [1.29, 1.82) is 0 Å². The molecule has 2 atom stereocenters. The first-order valence-corrected chi connectivity index (χ1v) is 12.9. The summed E-state index contributed by atoms with van der Waals surface area (Å²) in [7, 11) is 2.34. The van der Waals surface area contributed by atoms with Crippen LogP contribution < -0.4 is 14.2 Å². The van der Waals surface area contributed by atoms with Crippen molar-refractivity contribution < 1.29 is 22.6 Å². The minimum absolute atomic E-state index is 0.113. The van der Waals surface area contributed by atoms with E-state index in [1.165, 1.54) is 44.6 Å². The first-order chi connectivity index (χ1) is 17.7. The third-order valence-electron chi connectivity index (χ3n) is 5.93. The van der Waals surface area contributed by atoms with Gasteiger partial charge < -0.3 is 14.2 Å².